The fourth-order valence-corrected chi connectivity index (χ4v) is 5.93. The number of aromatic nitrogens is 2. The molecule has 4 aromatic rings. The van der Waals surface area contributed by atoms with E-state index in [0.29, 0.717) is 17.5 Å². The molecule has 1 saturated heterocycles. The van der Waals surface area contributed by atoms with Crippen molar-refractivity contribution in [1.82, 2.24) is 9.97 Å². The van der Waals surface area contributed by atoms with Crippen molar-refractivity contribution < 1.29 is 17.3 Å². The van der Waals surface area contributed by atoms with Crippen LogP contribution in [0.3, 0.4) is 0 Å². The quantitative estimate of drug-likeness (QED) is 0.263. The number of aromatic amines is 1. The van der Waals surface area contributed by atoms with Crippen LogP contribution in [0.2, 0.25) is 0 Å². The number of benzene rings is 3. The Balaban J connectivity index is 1.11. The van der Waals surface area contributed by atoms with Gasteiger partial charge in [-0.15, -0.1) is 0 Å². The molecule has 1 aromatic heterocycles. The Labute approximate surface area is 222 Å². The molecule has 2 fully saturated rings. The van der Waals surface area contributed by atoms with Crippen molar-refractivity contribution in [3.63, 3.8) is 0 Å². The Kier molecular flexibility index (Phi) is 6.82. The van der Waals surface area contributed by atoms with E-state index in [0.717, 1.165) is 61.7 Å². The Hall–Kier alpha value is -3.76. The van der Waals surface area contributed by atoms with Crippen LogP contribution in [0.5, 0.6) is 5.75 Å². The summed E-state index contributed by atoms with van der Waals surface area (Å²) in [6.45, 7) is 3.27. The van der Waals surface area contributed by atoms with E-state index in [-0.39, 0.29) is 10.6 Å². The predicted octanol–water partition coefficient (Wildman–Crippen LogP) is 5.27. The van der Waals surface area contributed by atoms with Crippen LogP contribution in [-0.4, -0.2) is 50.7 Å². The van der Waals surface area contributed by atoms with E-state index >= 15 is 0 Å². The van der Waals surface area contributed by atoms with Crippen LogP contribution >= 0.6 is 0 Å². The number of hydrogen-bond acceptors (Lipinski definition) is 8. The average Bonchev–Trinajstić information content (AvgIpc) is 3.59. The highest BCUT2D eigenvalue weighted by Gasteiger charge is 2.19. The molecule has 9 nitrogen and oxygen atoms in total. The molecule has 3 aromatic carbocycles. The molecular weight excluding hydrogens is 502 g/mol. The Bertz CT molecular complexity index is 1490. The van der Waals surface area contributed by atoms with Crippen molar-refractivity contribution in [3.05, 3.63) is 66.7 Å². The zero-order valence-electron chi connectivity index (χ0n) is 21.0. The monoisotopic (exact) mass is 533 g/mol. The Morgan fingerprint density at radius 2 is 1.63 bits per heavy atom. The number of imidazole rings is 1. The van der Waals surface area contributed by atoms with Crippen molar-refractivity contribution in [2.45, 2.75) is 36.6 Å². The third kappa shape index (κ3) is 5.56. The number of nitrogens with zero attached hydrogens (tertiary/aromatic N) is 2. The zero-order valence-corrected chi connectivity index (χ0v) is 21.8. The molecule has 1 aliphatic heterocycles. The van der Waals surface area contributed by atoms with Crippen LogP contribution < -0.4 is 19.7 Å². The minimum Gasteiger partial charge on any atom is -0.382 e. The number of rotatable bonds is 8. The van der Waals surface area contributed by atoms with Crippen molar-refractivity contribution in [2.24, 2.45) is 0 Å². The molecule has 198 valence electrons. The lowest BCUT2D eigenvalue weighted by molar-refractivity contribution is 0.122. The topological polar surface area (TPSA) is 109 Å². The van der Waals surface area contributed by atoms with Gasteiger partial charge in [0.2, 0.25) is 5.95 Å². The second-order valence-corrected chi connectivity index (χ2v) is 11.3. The van der Waals surface area contributed by atoms with Gasteiger partial charge in [-0.3, -0.25) is 0 Å². The molecule has 1 saturated carbocycles. The molecule has 3 N–H and O–H groups in total. The molecule has 2 aliphatic rings. The van der Waals surface area contributed by atoms with Crippen LogP contribution in [0.25, 0.3) is 11.0 Å². The number of H-pyrrole nitrogens is 1. The number of hydrogen-bond donors (Lipinski definition) is 3. The van der Waals surface area contributed by atoms with Crippen LogP contribution in [0, 0.1) is 0 Å². The summed E-state index contributed by atoms with van der Waals surface area (Å²) in [5, 5.41) is 6.74. The average molecular weight is 534 g/mol. The predicted molar refractivity (Wildman–Crippen MR) is 149 cm³/mol. The largest absolute Gasteiger partial charge is 0.382 e. The first-order valence-electron chi connectivity index (χ1n) is 13.0. The molecule has 10 heteroatoms. The number of anilines is 4. The van der Waals surface area contributed by atoms with Gasteiger partial charge in [0.25, 0.3) is 0 Å². The van der Waals surface area contributed by atoms with Crippen LogP contribution in [0.1, 0.15) is 25.7 Å². The minimum absolute atomic E-state index is 0.111. The first-order chi connectivity index (χ1) is 18.5. The maximum atomic E-state index is 12.9. The molecule has 0 atom stereocenters. The number of morpholine rings is 1. The fourth-order valence-electron chi connectivity index (χ4n) is 5.01. The summed E-state index contributed by atoms with van der Waals surface area (Å²) in [4.78, 5) is 10.2. The highest BCUT2D eigenvalue weighted by atomic mass is 32.2. The number of fused-ring (bicyclic) bond motifs is 1. The Morgan fingerprint density at radius 1 is 0.921 bits per heavy atom. The molecule has 0 bridgehead atoms. The van der Waals surface area contributed by atoms with Gasteiger partial charge in [0.15, 0.2) is 0 Å². The summed E-state index contributed by atoms with van der Waals surface area (Å²) in [5.74, 6) is 0.767. The molecule has 0 amide bonds. The van der Waals surface area contributed by atoms with Crippen molar-refractivity contribution in [3.8, 4) is 5.75 Å². The van der Waals surface area contributed by atoms with E-state index < -0.39 is 10.1 Å². The molecule has 1 aliphatic carbocycles. The van der Waals surface area contributed by atoms with Crippen molar-refractivity contribution >= 4 is 44.2 Å². The van der Waals surface area contributed by atoms with E-state index in [1.54, 1.807) is 42.5 Å². The maximum absolute atomic E-state index is 12.9. The molecule has 2 heterocycles. The van der Waals surface area contributed by atoms with Gasteiger partial charge < -0.3 is 29.4 Å². The normalized spacial score (nSPS) is 16.6. The standard InChI is InChI=1S/C28H31N5O4S/c34-38(35,25-12-7-21(8-13-25)29-20-3-1-2-4-20)37-24-11-14-26-27(19-24)32-28(31-26)30-22-5-9-23(10-6-22)33-15-17-36-18-16-33/h5-14,19-20,29H,1-4,15-18H2,(H2,30,31,32). The molecule has 6 rings (SSSR count). The third-order valence-electron chi connectivity index (χ3n) is 7.04. The van der Waals surface area contributed by atoms with Gasteiger partial charge in [0.1, 0.15) is 10.6 Å². The lowest BCUT2D eigenvalue weighted by Crippen LogP contribution is -2.36. The lowest BCUT2D eigenvalue weighted by atomic mass is 10.2. The van der Waals surface area contributed by atoms with Gasteiger partial charge >= 0.3 is 10.1 Å². The minimum atomic E-state index is -3.97. The summed E-state index contributed by atoms with van der Waals surface area (Å²) in [5.41, 5.74) is 4.34. The van der Waals surface area contributed by atoms with Gasteiger partial charge in [-0.05, 0) is 73.5 Å². The van der Waals surface area contributed by atoms with Crippen molar-refractivity contribution in [1.29, 1.82) is 0 Å². The van der Waals surface area contributed by atoms with Gasteiger partial charge in [0, 0.05) is 42.3 Å². The Morgan fingerprint density at radius 3 is 2.37 bits per heavy atom. The van der Waals surface area contributed by atoms with Gasteiger partial charge in [0.05, 0.1) is 24.2 Å². The SMILES string of the molecule is O=S(=O)(Oc1ccc2[nH]c(Nc3ccc(N4CCOCC4)cc3)nc2c1)c1ccc(NC2CCCC2)cc1. The third-order valence-corrected chi connectivity index (χ3v) is 8.30. The van der Waals surface area contributed by atoms with E-state index in [9.17, 15) is 8.42 Å². The molecule has 0 unspecified atom stereocenters. The molecular formula is C28H31N5O4S. The van der Waals surface area contributed by atoms with Crippen LogP contribution in [0.4, 0.5) is 23.0 Å². The number of ether oxygens (including phenoxy) is 1. The first kappa shape index (κ1) is 24.6. The van der Waals surface area contributed by atoms with Gasteiger partial charge in [-0.1, -0.05) is 12.8 Å². The highest BCUT2D eigenvalue weighted by molar-refractivity contribution is 7.87. The first-order valence-corrected chi connectivity index (χ1v) is 14.4. The molecule has 38 heavy (non-hydrogen) atoms. The van der Waals surface area contributed by atoms with E-state index in [1.165, 1.54) is 12.8 Å². The van der Waals surface area contributed by atoms with E-state index in [1.807, 2.05) is 12.1 Å². The summed E-state index contributed by atoms with van der Waals surface area (Å²) < 4.78 is 36.6. The zero-order chi connectivity index (χ0) is 26.0. The summed E-state index contributed by atoms with van der Waals surface area (Å²) in [6.07, 6.45) is 4.77. The summed E-state index contributed by atoms with van der Waals surface area (Å²) in [7, 11) is -3.97. The smallest absolute Gasteiger partial charge is 0.339 e. The lowest BCUT2D eigenvalue weighted by Gasteiger charge is -2.28. The van der Waals surface area contributed by atoms with Crippen LogP contribution in [-0.2, 0) is 14.9 Å². The molecule has 0 spiro atoms. The van der Waals surface area contributed by atoms with Crippen molar-refractivity contribution in [2.75, 3.05) is 41.8 Å². The maximum Gasteiger partial charge on any atom is 0.339 e. The fraction of sp³-hybridized carbons (Fsp3) is 0.321. The van der Waals surface area contributed by atoms with Gasteiger partial charge in [-0.2, -0.15) is 8.42 Å². The summed E-state index contributed by atoms with van der Waals surface area (Å²) in [6, 6.07) is 20.3. The van der Waals surface area contributed by atoms with Crippen LogP contribution in [0.15, 0.2) is 71.6 Å². The second kappa shape index (κ2) is 10.5. The highest BCUT2D eigenvalue weighted by Crippen LogP contribution is 2.27. The van der Waals surface area contributed by atoms with E-state index in [2.05, 4.69) is 37.6 Å². The van der Waals surface area contributed by atoms with E-state index in [4.69, 9.17) is 8.92 Å². The van der Waals surface area contributed by atoms with Gasteiger partial charge in [-0.25, -0.2) is 4.98 Å². The molecule has 0 radical (unpaired) electrons. The second-order valence-electron chi connectivity index (χ2n) is 9.72. The number of nitrogens with one attached hydrogen (secondary N) is 3. The summed E-state index contributed by atoms with van der Waals surface area (Å²) >= 11 is 0.